The summed E-state index contributed by atoms with van der Waals surface area (Å²) in [6, 6.07) is 12.3. The van der Waals surface area contributed by atoms with Gasteiger partial charge in [0.1, 0.15) is 22.9 Å². The van der Waals surface area contributed by atoms with Crippen LogP contribution in [0.2, 0.25) is 0 Å². The summed E-state index contributed by atoms with van der Waals surface area (Å²) in [6.07, 6.45) is 1.76. The number of para-hydroxylation sites is 1. The second kappa shape index (κ2) is 9.75. The standard InChI is InChI=1S/C22H19N5O6S/c1-12-14(22(31)32)10-27-20(30)18(21(27)34-12)25-19(29)17(26-33-13-6-3-2-4-7-13)15-8-5-9-16(24-15)23-11-28/h2-12,18,21H,1H3,(H,25,29)(H,31,32)(H,23,24,28)/t12?,18?,21-/m1/s1. The SMILES string of the molecule is CC1S[C@@H]2C(NC(=O)C(=NOc3ccccc3)c3cccc(NC=O)n3)C(=O)N2C=C1C(=O)O. The molecule has 4 rings (SSSR count). The van der Waals surface area contributed by atoms with E-state index in [4.69, 9.17) is 4.84 Å². The molecule has 2 aromatic rings. The lowest BCUT2D eigenvalue weighted by Crippen LogP contribution is -2.69. The van der Waals surface area contributed by atoms with Crippen molar-refractivity contribution in [1.82, 2.24) is 15.2 Å². The highest BCUT2D eigenvalue weighted by molar-refractivity contribution is 8.00. The molecule has 1 aromatic carbocycles. The van der Waals surface area contributed by atoms with Crippen molar-refractivity contribution in [2.75, 3.05) is 5.32 Å². The maximum atomic E-state index is 13.2. The number of β-lactam (4-membered cyclic amide) rings is 1. The molecule has 3 amide bonds. The fourth-order valence-corrected chi connectivity index (χ4v) is 4.73. The zero-order valence-electron chi connectivity index (χ0n) is 17.7. The van der Waals surface area contributed by atoms with Gasteiger partial charge in [-0.05, 0) is 31.2 Å². The Kier molecular flexibility index (Phi) is 6.59. The van der Waals surface area contributed by atoms with Crippen LogP contribution in [-0.4, -0.2) is 61.6 Å². The predicted molar refractivity (Wildman–Crippen MR) is 123 cm³/mol. The Morgan fingerprint density at radius 3 is 2.68 bits per heavy atom. The number of oxime groups is 1. The molecule has 0 spiro atoms. The fraction of sp³-hybridized carbons (Fsp3) is 0.182. The Balaban J connectivity index is 1.58. The maximum Gasteiger partial charge on any atom is 0.334 e. The molecule has 2 aliphatic rings. The molecule has 2 unspecified atom stereocenters. The molecule has 11 nitrogen and oxygen atoms in total. The van der Waals surface area contributed by atoms with Crippen LogP contribution >= 0.6 is 11.8 Å². The number of benzene rings is 1. The number of pyridine rings is 1. The largest absolute Gasteiger partial charge is 0.478 e. The Morgan fingerprint density at radius 2 is 1.97 bits per heavy atom. The minimum absolute atomic E-state index is 0.113. The lowest BCUT2D eigenvalue weighted by molar-refractivity contribution is -0.144. The van der Waals surface area contributed by atoms with E-state index in [2.05, 4.69) is 20.8 Å². The van der Waals surface area contributed by atoms with Gasteiger partial charge < -0.3 is 25.5 Å². The Morgan fingerprint density at radius 1 is 1.21 bits per heavy atom. The maximum absolute atomic E-state index is 13.2. The molecule has 3 heterocycles. The van der Waals surface area contributed by atoms with Gasteiger partial charge in [-0.3, -0.25) is 14.4 Å². The number of amides is 3. The van der Waals surface area contributed by atoms with Gasteiger partial charge in [-0.2, -0.15) is 0 Å². The zero-order valence-corrected chi connectivity index (χ0v) is 18.6. The molecule has 1 fully saturated rings. The third kappa shape index (κ3) is 4.62. The Labute approximate surface area is 197 Å². The summed E-state index contributed by atoms with van der Waals surface area (Å²) in [5.41, 5.74) is 0.0171. The number of nitrogens with one attached hydrogen (secondary N) is 2. The monoisotopic (exact) mass is 481 g/mol. The molecular formula is C22H19N5O6S. The highest BCUT2D eigenvalue weighted by Crippen LogP contribution is 2.40. The molecule has 0 saturated carbocycles. The minimum atomic E-state index is -1.10. The second-order valence-corrected chi connectivity index (χ2v) is 8.73. The molecule has 1 saturated heterocycles. The normalized spacial score (nSPS) is 21.5. The van der Waals surface area contributed by atoms with Gasteiger partial charge in [0.05, 0.1) is 5.57 Å². The minimum Gasteiger partial charge on any atom is -0.478 e. The molecule has 0 bridgehead atoms. The average molecular weight is 481 g/mol. The van der Waals surface area contributed by atoms with E-state index in [1.54, 1.807) is 43.3 Å². The van der Waals surface area contributed by atoms with Gasteiger partial charge in [0.2, 0.25) is 6.41 Å². The van der Waals surface area contributed by atoms with Crippen LogP contribution in [0.5, 0.6) is 5.75 Å². The number of thioether (sulfide) groups is 1. The number of carboxylic acid groups (broad SMARTS) is 1. The van der Waals surface area contributed by atoms with E-state index in [1.165, 1.54) is 35.0 Å². The van der Waals surface area contributed by atoms with Gasteiger partial charge in [0, 0.05) is 11.4 Å². The fourth-order valence-electron chi connectivity index (χ4n) is 3.37. The number of aromatic nitrogens is 1. The highest BCUT2D eigenvalue weighted by atomic mass is 32.2. The van der Waals surface area contributed by atoms with E-state index in [9.17, 15) is 24.3 Å². The summed E-state index contributed by atoms with van der Waals surface area (Å²) in [6.45, 7) is 1.72. The van der Waals surface area contributed by atoms with Crippen molar-refractivity contribution in [1.29, 1.82) is 0 Å². The van der Waals surface area contributed by atoms with Crippen LogP contribution < -0.4 is 15.5 Å². The smallest absolute Gasteiger partial charge is 0.334 e. The number of aliphatic carboxylic acids is 1. The number of rotatable bonds is 8. The topological polar surface area (TPSA) is 150 Å². The molecule has 3 atom stereocenters. The van der Waals surface area contributed by atoms with Crippen molar-refractivity contribution in [2.45, 2.75) is 23.6 Å². The lowest BCUT2D eigenvalue weighted by atomic mass is 10.1. The summed E-state index contributed by atoms with van der Waals surface area (Å²) < 4.78 is 0. The molecular weight excluding hydrogens is 462 g/mol. The quantitative estimate of drug-likeness (QED) is 0.220. The van der Waals surface area contributed by atoms with Crippen LogP contribution in [0.1, 0.15) is 12.6 Å². The molecule has 34 heavy (non-hydrogen) atoms. The molecule has 1 aromatic heterocycles. The first-order valence-electron chi connectivity index (χ1n) is 10.1. The second-order valence-electron chi connectivity index (χ2n) is 7.27. The first-order valence-corrected chi connectivity index (χ1v) is 11.0. The highest BCUT2D eigenvalue weighted by Gasteiger charge is 2.51. The van der Waals surface area contributed by atoms with Crippen molar-refractivity contribution in [3.8, 4) is 5.75 Å². The van der Waals surface area contributed by atoms with E-state index in [-0.39, 0.29) is 28.0 Å². The van der Waals surface area contributed by atoms with Crippen LogP contribution in [0.3, 0.4) is 0 Å². The van der Waals surface area contributed by atoms with Crippen LogP contribution in [0.4, 0.5) is 5.82 Å². The molecule has 0 radical (unpaired) electrons. The summed E-state index contributed by atoms with van der Waals surface area (Å²) in [5.74, 6) is -1.68. The van der Waals surface area contributed by atoms with E-state index < -0.39 is 29.2 Å². The number of carbonyl (C=O) groups is 4. The number of carbonyl (C=O) groups excluding carboxylic acids is 3. The van der Waals surface area contributed by atoms with Crippen molar-refractivity contribution in [2.24, 2.45) is 5.16 Å². The molecule has 0 aliphatic carbocycles. The average Bonchev–Trinajstić information content (AvgIpc) is 2.83. The van der Waals surface area contributed by atoms with E-state index >= 15 is 0 Å². The van der Waals surface area contributed by atoms with Gasteiger partial charge in [0.15, 0.2) is 11.5 Å². The Hall–Kier alpha value is -4.19. The van der Waals surface area contributed by atoms with Crippen LogP contribution in [0.15, 0.2) is 65.5 Å². The number of fused-ring (bicyclic) bond motifs is 1. The first-order chi connectivity index (χ1) is 16.4. The van der Waals surface area contributed by atoms with E-state index in [0.29, 0.717) is 12.2 Å². The molecule has 174 valence electrons. The summed E-state index contributed by atoms with van der Waals surface area (Å²) >= 11 is 1.26. The van der Waals surface area contributed by atoms with Crippen LogP contribution in [0.25, 0.3) is 0 Å². The number of hydrogen-bond acceptors (Lipinski definition) is 8. The number of carboxylic acids is 1. The van der Waals surface area contributed by atoms with Crippen molar-refractivity contribution >= 4 is 47.5 Å². The summed E-state index contributed by atoms with van der Waals surface area (Å²) in [4.78, 5) is 58.8. The van der Waals surface area contributed by atoms with Gasteiger partial charge in [-0.15, -0.1) is 11.8 Å². The van der Waals surface area contributed by atoms with Crippen molar-refractivity contribution in [3.05, 3.63) is 66.0 Å². The van der Waals surface area contributed by atoms with Gasteiger partial charge in [-0.25, -0.2) is 9.78 Å². The number of nitrogens with zero attached hydrogens (tertiary/aromatic N) is 3. The Bertz CT molecular complexity index is 1200. The summed E-state index contributed by atoms with van der Waals surface area (Å²) in [5, 5.41) is 17.5. The van der Waals surface area contributed by atoms with E-state index in [1.807, 2.05) is 0 Å². The summed E-state index contributed by atoms with van der Waals surface area (Å²) in [7, 11) is 0. The number of hydrogen-bond donors (Lipinski definition) is 3. The van der Waals surface area contributed by atoms with E-state index in [0.717, 1.165) is 0 Å². The van der Waals surface area contributed by atoms with Crippen molar-refractivity contribution in [3.63, 3.8) is 0 Å². The lowest BCUT2D eigenvalue weighted by Gasteiger charge is -2.48. The zero-order chi connectivity index (χ0) is 24.2. The van der Waals surface area contributed by atoms with Crippen LogP contribution in [-0.2, 0) is 19.2 Å². The molecule has 2 aliphatic heterocycles. The number of anilines is 1. The predicted octanol–water partition coefficient (Wildman–Crippen LogP) is 1.19. The molecule has 3 N–H and O–H groups in total. The van der Waals surface area contributed by atoms with Crippen molar-refractivity contribution < 1.29 is 29.1 Å². The third-order valence-electron chi connectivity index (χ3n) is 5.07. The van der Waals surface area contributed by atoms with Gasteiger partial charge in [-0.1, -0.05) is 29.4 Å². The first kappa shape index (κ1) is 23.0. The van der Waals surface area contributed by atoms with Gasteiger partial charge >= 0.3 is 5.97 Å². The van der Waals surface area contributed by atoms with Crippen LogP contribution in [0, 0.1) is 0 Å². The third-order valence-corrected chi connectivity index (χ3v) is 6.51. The van der Waals surface area contributed by atoms with Gasteiger partial charge in [0.25, 0.3) is 11.8 Å². The molecule has 12 heteroatoms.